The molecule has 0 N–H and O–H groups in total. The van der Waals surface area contributed by atoms with E-state index in [-0.39, 0.29) is 11.7 Å². The van der Waals surface area contributed by atoms with E-state index in [4.69, 9.17) is 5.26 Å². The molecule has 1 heterocycles. The minimum Gasteiger partial charge on any atom is -0.297 e. The SMILES string of the molecule is CC(C#N)N1CCN(Cc2cc(F)cc([N+](=O)[O-])c2)CC1. The molecule has 1 atom stereocenters. The van der Waals surface area contributed by atoms with Crippen molar-refractivity contribution in [3.05, 3.63) is 39.7 Å². The van der Waals surface area contributed by atoms with E-state index in [0.717, 1.165) is 32.2 Å². The van der Waals surface area contributed by atoms with Crippen molar-refractivity contribution in [2.75, 3.05) is 26.2 Å². The van der Waals surface area contributed by atoms with Gasteiger partial charge in [-0.15, -0.1) is 0 Å². The van der Waals surface area contributed by atoms with E-state index in [1.165, 1.54) is 12.1 Å². The molecule has 0 aromatic heterocycles. The molecule has 2 rings (SSSR count). The molecule has 112 valence electrons. The molecule has 1 saturated heterocycles. The maximum Gasteiger partial charge on any atom is 0.272 e. The van der Waals surface area contributed by atoms with Gasteiger partial charge in [-0.05, 0) is 18.6 Å². The molecule has 1 unspecified atom stereocenters. The Bertz CT molecular complexity index is 565. The summed E-state index contributed by atoms with van der Waals surface area (Å²) in [6.07, 6.45) is 0. The fourth-order valence-electron chi connectivity index (χ4n) is 2.48. The molecular formula is C14H17FN4O2. The summed E-state index contributed by atoms with van der Waals surface area (Å²) in [5, 5.41) is 19.6. The van der Waals surface area contributed by atoms with E-state index < -0.39 is 10.7 Å². The lowest BCUT2D eigenvalue weighted by atomic mass is 10.1. The summed E-state index contributed by atoms with van der Waals surface area (Å²) in [5.41, 5.74) is 0.380. The average molecular weight is 292 g/mol. The van der Waals surface area contributed by atoms with E-state index in [9.17, 15) is 14.5 Å². The summed E-state index contributed by atoms with van der Waals surface area (Å²) in [4.78, 5) is 14.4. The van der Waals surface area contributed by atoms with Crippen LogP contribution < -0.4 is 0 Å². The number of hydrogen-bond donors (Lipinski definition) is 0. The first kappa shape index (κ1) is 15.4. The fourth-order valence-corrected chi connectivity index (χ4v) is 2.48. The third-order valence-electron chi connectivity index (χ3n) is 3.70. The molecule has 0 aliphatic carbocycles. The first-order valence-electron chi connectivity index (χ1n) is 6.79. The summed E-state index contributed by atoms with van der Waals surface area (Å²) in [5.74, 6) is -0.587. The zero-order valence-corrected chi connectivity index (χ0v) is 11.8. The highest BCUT2D eigenvalue weighted by Crippen LogP contribution is 2.18. The zero-order valence-electron chi connectivity index (χ0n) is 11.8. The van der Waals surface area contributed by atoms with Crippen LogP contribution >= 0.6 is 0 Å². The average Bonchev–Trinajstić information content (AvgIpc) is 2.46. The molecule has 0 bridgehead atoms. The number of piperazine rings is 1. The highest BCUT2D eigenvalue weighted by Gasteiger charge is 2.21. The Kier molecular flexibility index (Phi) is 4.83. The zero-order chi connectivity index (χ0) is 15.4. The van der Waals surface area contributed by atoms with Gasteiger partial charge in [-0.1, -0.05) is 0 Å². The number of nitriles is 1. The van der Waals surface area contributed by atoms with Crippen LogP contribution in [0.4, 0.5) is 10.1 Å². The maximum atomic E-state index is 13.4. The van der Waals surface area contributed by atoms with Crippen molar-refractivity contribution in [2.45, 2.75) is 19.5 Å². The smallest absolute Gasteiger partial charge is 0.272 e. The van der Waals surface area contributed by atoms with E-state index in [1.807, 2.05) is 6.92 Å². The summed E-state index contributed by atoms with van der Waals surface area (Å²) in [6, 6.07) is 5.77. The van der Waals surface area contributed by atoms with Crippen molar-refractivity contribution in [3.8, 4) is 6.07 Å². The molecule has 1 aliphatic rings. The largest absolute Gasteiger partial charge is 0.297 e. The third kappa shape index (κ3) is 3.97. The number of rotatable bonds is 4. The van der Waals surface area contributed by atoms with Gasteiger partial charge >= 0.3 is 0 Å². The number of nitro benzene ring substituents is 1. The van der Waals surface area contributed by atoms with Gasteiger partial charge in [0.15, 0.2) is 0 Å². The van der Waals surface area contributed by atoms with Gasteiger partial charge in [0.25, 0.3) is 5.69 Å². The Morgan fingerprint density at radius 2 is 2.05 bits per heavy atom. The van der Waals surface area contributed by atoms with Crippen LogP contribution in [0.25, 0.3) is 0 Å². The molecule has 0 spiro atoms. The lowest BCUT2D eigenvalue weighted by molar-refractivity contribution is -0.385. The lowest BCUT2D eigenvalue weighted by Gasteiger charge is -2.35. The van der Waals surface area contributed by atoms with Crippen LogP contribution in [0.5, 0.6) is 0 Å². The van der Waals surface area contributed by atoms with Gasteiger partial charge < -0.3 is 0 Å². The molecule has 1 aliphatic heterocycles. The van der Waals surface area contributed by atoms with E-state index >= 15 is 0 Å². The quantitative estimate of drug-likeness (QED) is 0.624. The Labute approximate surface area is 122 Å². The number of benzene rings is 1. The minimum absolute atomic E-state index is 0.109. The van der Waals surface area contributed by atoms with Gasteiger partial charge in [0.1, 0.15) is 5.82 Å². The second-order valence-electron chi connectivity index (χ2n) is 5.19. The van der Waals surface area contributed by atoms with Crippen molar-refractivity contribution in [3.63, 3.8) is 0 Å². The molecule has 21 heavy (non-hydrogen) atoms. The number of nitro groups is 1. The van der Waals surface area contributed by atoms with Crippen molar-refractivity contribution in [2.24, 2.45) is 0 Å². The van der Waals surface area contributed by atoms with Gasteiger partial charge in [-0.3, -0.25) is 19.9 Å². The number of halogens is 1. The normalized spacial score (nSPS) is 18.1. The van der Waals surface area contributed by atoms with Crippen LogP contribution in [0, 0.1) is 27.3 Å². The second kappa shape index (κ2) is 6.61. The molecule has 7 heteroatoms. The van der Waals surface area contributed by atoms with Crippen LogP contribution in [0.3, 0.4) is 0 Å². The topological polar surface area (TPSA) is 73.4 Å². The van der Waals surface area contributed by atoms with Crippen LogP contribution in [0.1, 0.15) is 12.5 Å². The molecular weight excluding hydrogens is 275 g/mol. The van der Waals surface area contributed by atoms with Gasteiger partial charge in [0, 0.05) is 38.8 Å². The number of hydrogen-bond acceptors (Lipinski definition) is 5. The van der Waals surface area contributed by atoms with Crippen molar-refractivity contribution < 1.29 is 9.31 Å². The van der Waals surface area contributed by atoms with Gasteiger partial charge in [0.05, 0.1) is 23.1 Å². The van der Waals surface area contributed by atoms with Crippen LogP contribution in [0.15, 0.2) is 18.2 Å². The van der Waals surface area contributed by atoms with E-state index in [2.05, 4.69) is 15.9 Å². The second-order valence-corrected chi connectivity index (χ2v) is 5.19. The molecule has 6 nitrogen and oxygen atoms in total. The molecule has 1 fully saturated rings. The summed E-state index contributed by atoms with van der Waals surface area (Å²) in [6.45, 7) is 5.41. The Morgan fingerprint density at radius 1 is 1.38 bits per heavy atom. The molecule has 0 saturated carbocycles. The highest BCUT2D eigenvalue weighted by molar-refractivity contribution is 5.35. The van der Waals surface area contributed by atoms with Gasteiger partial charge in [-0.2, -0.15) is 5.26 Å². The van der Waals surface area contributed by atoms with Crippen molar-refractivity contribution in [1.29, 1.82) is 5.26 Å². The third-order valence-corrected chi connectivity index (χ3v) is 3.70. The first-order chi connectivity index (χ1) is 9.99. The first-order valence-corrected chi connectivity index (χ1v) is 6.79. The fraction of sp³-hybridized carbons (Fsp3) is 0.500. The minimum atomic E-state index is -0.587. The Hall–Kier alpha value is -2.04. The molecule has 1 aromatic rings. The summed E-state index contributed by atoms with van der Waals surface area (Å²) in [7, 11) is 0. The Morgan fingerprint density at radius 3 is 2.62 bits per heavy atom. The van der Waals surface area contributed by atoms with Crippen molar-refractivity contribution >= 4 is 5.69 Å². The maximum absolute atomic E-state index is 13.4. The predicted molar refractivity (Wildman–Crippen MR) is 75.0 cm³/mol. The van der Waals surface area contributed by atoms with Crippen LogP contribution in [-0.2, 0) is 6.54 Å². The number of non-ortho nitro benzene ring substituents is 1. The van der Waals surface area contributed by atoms with Gasteiger partial charge in [-0.25, -0.2) is 4.39 Å². The van der Waals surface area contributed by atoms with Crippen LogP contribution in [-0.4, -0.2) is 46.9 Å². The highest BCUT2D eigenvalue weighted by atomic mass is 19.1. The summed E-state index contributed by atoms with van der Waals surface area (Å²) < 4.78 is 13.4. The van der Waals surface area contributed by atoms with Crippen LogP contribution in [0.2, 0.25) is 0 Å². The molecule has 0 radical (unpaired) electrons. The van der Waals surface area contributed by atoms with E-state index in [0.29, 0.717) is 12.1 Å². The Balaban J connectivity index is 1.98. The standard InChI is InChI=1S/C14H17FN4O2/c1-11(9-16)18-4-2-17(3-5-18)10-12-6-13(15)8-14(7-12)19(20)21/h6-8,11H,2-5,10H2,1H3. The molecule has 0 amide bonds. The summed E-state index contributed by atoms with van der Waals surface area (Å²) >= 11 is 0. The predicted octanol–water partition coefficient (Wildman–Crippen LogP) is 1.76. The number of nitrogens with zero attached hydrogens (tertiary/aromatic N) is 4. The van der Waals surface area contributed by atoms with Gasteiger partial charge in [0.2, 0.25) is 0 Å². The van der Waals surface area contributed by atoms with E-state index in [1.54, 1.807) is 0 Å². The molecule has 1 aromatic carbocycles. The monoisotopic (exact) mass is 292 g/mol. The lowest BCUT2D eigenvalue weighted by Crippen LogP contribution is -2.48. The van der Waals surface area contributed by atoms with Crippen molar-refractivity contribution in [1.82, 2.24) is 9.80 Å².